The second-order valence-electron chi connectivity index (χ2n) is 6.68. The van der Waals surface area contributed by atoms with Crippen LogP contribution < -0.4 is 0 Å². The van der Waals surface area contributed by atoms with Gasteiger partial charge in [0.05, 0.1) is 0 Å². The second kappa shape index (κ2) is 4.79. The molecule has 3 heteroatoms. The monoisotopic (exact) mass is 240 g/mol. The third-order valence-corrected chi connectivity index (χ3v) is 4.21. The third kappa shape index (κ3) is 3.55. The molecule has 0 aliphatic heterocycles. The molecular weight excluding hydrogens is 216 g/mol. The molecule has 2 atom stereocenters. The Morgan fingerprint density at radius 1 is 1.47 bits per heavy atom. The minimum atomic E-state index is -0.808. The molecule has 98 valence electrons. The maximum atomic E-state index is 12.0. The smallest absolute Gasteiger partial charge is 0.303 e. The zero-order valence-corrected chi connectivity index (χ0v) is 11.4. The van der Waals surface area contributed by atoms with Crippen LogP contribution in [0, 0.1) is 16.7 Å². The fraction of sp³-hybridized carbons (Fsp3) is 0.857. The number of Topliss-reactive ketones (excluding diaryl/α,β-unsaturated/α-hetero) is 1. The standard InChI is InChI=1S/C14H24O3/c1-13(2,3)10-5-6-11(15)14(4,9-10)8-7-12(16)17/h10H,5-9H2,1-4H3,(H,16,17). The molecule has 1 saturated carbocycles. The summed E-state index contributed by atoms with van der Waals surface area (Å²) in [6, 6.07) is 0. The van der Waals surface area contributed by atoms with Crippen LogP contribution in [0.4, 0.5) is 0 Å². The van der Waals surface area contributed by atoms with Crippen molar-refractivity contribution >= 4 is 11.8 Å². The average molecular weight is 240 g/mol. The van der Waals surface area contributed by atoms with Gasteiger partial charge < -0.3 is 5.11 Å². The van der Waals surface area contributed by atoms with Crippen LogP contribution >= 0.6 is 0 Å². The molecule has 1 fully saturated rings. The van der Waals surface area contributed by atoms with Crippen molar-refractivity contribution in [3.05, 3.63) is 0 Å². The zero-order chi connectivity index (χ0) is 13.3. The Hall–Kier alpha value is -0.860. The van der Waals surface area contributed by atoms with Gasteiger partial charge in [0.2, 0.25) is 0 Å². The quantitative estimate of drug-likeness (QED) is 0.823. The Labute approximate surface area is 104 Å². The van der Waals surface area contributed by atoms with Crippen LogP contribution in [0.5, 0.6) is 0 Å². The molecule has 0 radical (unpaired) electrons. The van der Waals surface area contributed by atoms with Crippen LogP contribution in [0.15, 0.2) is 0 Å². The van der Waals surface area contributed by atoms with E-state index in [9.17, 15) is 9.59 Å². The molecule has 0 spiro atoms. The molecule has 1 aliphatic rings. The van der Waals surface area contributed by atoms with E-state index >= 15 is 0 Å². The van der Waals surface area contributed by atoms with Gasteiger partial charge in [-0.1, -0.05) is 27.7 Å². The highest BCUT2D eigenvalue weighted by Crippen LogP contribution is 2.46. The SMILES string of the molecule is CC1(CCC(=O)O)CC(C(C)(C)C)CCC1=O. The zero-order valence-electron chi connectivity index (χ0n) is 11.4. The number of carboxylic acid groups (broad SMARTS) is 1. The predicted octanol–water partition coefficient (Wildman–Crippen LogP) is 3.27. The highest BCUT2D eigenvalue weighted by Gasteiger charge is 2.42. The summed E-state index contributed by atoms with van der Waals surface area (Å²) in [5.74, 6) is -0.0462. The van der Waals surface area contributed by atoms with E-state index in [1.54, 1.807) is 0 Å². The van der Waals surface area contributed by atoms with E-state index in [1.807, 2.05) is 6.92 Å². The third-order valence-electron chi connectivity index (χ3n) is 4.21. The van der Waals surface area contributed by atoms with Crippen molar-refractivity contribution in [2.75, 3.05) is 0 Å². The first-order valence-corrected chi connectivity index (χ1v) is 6.40. The van der Waals surface area contributed by atoms with Crippen molar-refractivity contribution in [1.82, 2.24) is 0 Å². The highest BCUT2D eigenvalue weighted by molar-refractivity contribution is 5.85. The Morgan fingerprint density at radius 3 is 2.53 bits per heavy atom. The summed E-state index contributed by atoms with van der Waals surface area (Å²) in [5.41, 5.74) is -0.222. The number of aliphatic carboxylic acids is 1. The van der Waals surface area contributed by atoms with E-state index in [0.717, 1.165) is 12.8 Å². The molecule has 17 heavy (non-hydrogen) atoms. The highest BCUT2D eigenvalue weighted by atomic mass is 16.4. The van der Waals surface area contributed by atoms with E-state index in [2.05, 4.69) is 20.8 Å². The lowest BCUT2D eigenvalue weighted by Gasteiger charge is -2.42. The lowest BCUT2D eigenvalue weighted by molar-refractivity contribution is -0.139. The first-order valence-electron chi connectivity index (χ1n) is 6.40. The molecule has 1 N–H and O–H groups in total. The van der Waals surface area contributed by atoms with E-state index in [-0.39, 0.29) is 17.6 Å². The summed E-state index contributed by atoms with van der Waals surface area (Å²) in [7, 11) is 0. The fourth-order valence-corrected chi connectivity index (χ4v) is 2.73. The van der Waals surface area contributed by atoms with Crippen molar-refractivity contribution in [2.24, 2.45) is 16.7 Å². The summed E-state index contributed by atoms with van der Waals surface area (Å²) in [5, 5.41) is 8.76. The molecule has 2 unspecified atom stereocenters. The number of hydrogen-bond acceptors (Lipinski definition) is 2. The molecule has 0 bridgehead atoms. The molecule has 0 aromatic rings. The lowest BCUT2D eigenvalue weighted by Crippen LogP contribution is -2.39. The normalized spacial score (nSPS) is 30.4. The van der Waals surface area contributed by atoms with Gasteiger partial charge in [0.1, 0.15) is 5.78 Å². The van der Waals surface area contributed by atoms with Crippen LogP contribution in [0.25, 0.3) is 0 Å². The van der Waals surface area contributed by atoms with Crippen molar-refractivity contribution in [1.29, 1.82) is 0 Å². The van der Waals surface area contributed by atoms with E-state index in [4.69, 9.17) is 5.11 Å². The van der Waals surface area contributed by atoms with Gasteiger partial charge in [0, 0.05) is 18.3 Å². The molecule has 0 saturated heterocycles. The number of rotatable bonds is 3. The van der Waals surface area contributed by atoms with Crippen LogP contribution in [-0.4, -0.2) is 16.9 Å². The van der Waals surface area contributed by atoms with Gasteiger partial charge in [-0.15, -0.1) is 0 Å². The lowest BCUT2D eigenvalue weighted by atomic mass is 9.61. The minimum absolute atomic E-state index is 0.0963. The molecule has 3 nitrogen and oxygen atoms in total. The largest absolute Gasteiger partial charge is 0.481 e. The maximum absolute atomic E-state index is 12.0. The van der Waals surface area contributed by atoms with Gasteiger partial charge in [-0.25, -0.2) is 0 Å². The van der Waals surface area contributed by atoms with Crippen molar-refractivity contribution in [3.63, 3.8) is 0 Å². The van der Waals surface area contributed by atoms with Crippen LogP contribution in [0.3, 0.4) is 0 Å². The van der Waals surface area contributed by atoms with E-state index < -0.39 is 11.4 Å². The summed E-state index contributed by atoms with van der Waals surface area (Å²) in [6.07, 6.45) is 2.97. The van der Waals surface area contributed by atoms with Gasteiger partial charge in [-0.05, 0) is 30.6 Å². The molecular formula is C14H24O3. The van der Waals surface area contributed by atoms with Crippen molar-refractivity contribution < 1.29 is 14.7 Å². The van der Waals surface area contributed by atoms with Gasteiger partial charge in [-0.2, -0.15) is 0 Å². The Morgan fingerprint density at radius 2 is 2.06 bits per heavy atom. The van der Waals surface area contributed by atoms with Crippen LogP contribution in [0.2, 0.25) is 0 Å². The number of carbonyl (C=O) groups is 2. The van der Waals surface area contributed by atoms with Crippen molar-refractivity contribution in [2.45, 2.75) is 59.8 Å². The Kier molecular flexibility index (Phi) is 4.00. The molecule has 0 heterocycles. The second-order valence-corrected chi connectivity index (χ2v) is 6.68. The minimum Gasteiger partial charge on any atom is -0.481 e. The molecule has 0 aromatic heterocycles. The number of carbonyl (C=O) groups excluding carboxylic acids is 1. The number of hydrogen-bond donors (Lipinski definition) is 1. The summed E-state index contributed by atoms with van der Waals surface area (Å²) < 4.78 is 0. The topological polar surface area (TPSA) is 54.4 Å². The predicted molar refractivity (Wildman–Crippen MR) is 66.8 cm³/mol. The van der Waals surface area contributed by atoms with Gasteiger partial charge in [0.25, 0.3) is 0 Å². The molecule has 1 rings (SSSR count). The van der Waals surface area contributed by atoms with Crippen LogP contribution in [0.1, 0.15) is 59.8 Å². The van der Waals surface area contributed by atoms with Crippen LogP contribution in [-0.2, 0) is 9.59 Å². The first kappa shape index (κ1) is 14.2. The van der Waals surface area contributed by atoms with E-state index in [1.165, 1.54) is 0 Å². The Bertz CT molecular complexity index is 314. The fourth-order valence-electron chi connectivity index (χ4n) is 2.73. The summed E-state index contributed by atoms with van der Waals surface area (Å²) in [4.78, 5) is 22.7. The van der Waals surface area contributed by atoms with E-state index in [0.29, 0.717) is 18.8 Å². The Balaban J connectivity index is 2.74. The molecule has 1 aliphatic carbocycles. The van der Waals surface area contributed by atoms with Crippen molar-refractivity contribution in [3.8, 4) is 0 Å². The number of ketones is 1. The molecule has 0 aromatic carbocycles. The van der Waals surface area contributed by atoms with Gasteiger partial charge in [0.15, 0.2) is 0 Å². The maximum Gasteiger partial charge on any atom is 0.303 e. The summed E-state index contributed by atoms with van der Waals surface area (Å²) >= 11 is 0. The van der Waals surface area contributed by atoms with Gasteiger partial charge in [-0.3, -0.25) is 9.59 Å². The molecule has 0 amide bonds. The first-order chi connectivity index (χ1) is 7.65. The average Bonchev–Trinajstić information content (AvgIpc) is 2.18. The van der Waals surface area contributed by atoms with Gasteiger partial charge >= 0.3 is 5.97 Å². The summed E-state index contributed by atoms with van der Waals surface area (Å²) in [6.45, 7) is 8.54. The number of carboxylic acids is 1.